The molecule has 0 unspecified atom stereocenters. The fourth-order valence-electron chi connectivity index (χ4n) is 2.41. The second kappa shape index (κ2) is 8.46. The van der Waals surface area contributed by atoms with Crippen molar-refractivity contribution in [2.75, 3.05) is 17.1 Å². The van der Waals surface area contributed by atoms with Crippen LogP contribution in [0.5, 0.6) is 5.75 Å². The minimum atomic E-state index is -4.05. The molecule has 1 aromatic heterocycles. The molecule has 0 aliphatic rings. The number of nitrogens with one attached hydrogen (secondary N) is 2. The summed E-state index contributed by atoms with van der Waals surface area (Å²) in [6, 6.07) is 10.7. The van der Waals surface area contributed by atoms with Crippen LogP contribution >= 0.6 is 11.6 Å². The number of aryl methyl sites for hydroxylation is 1. The van der Waals surface area contributed by atoms with E-state index >= 15 is 0 Å². The fourth-order valence-corrected chi connectivity index (χ4v) is 3.93. The van der Waals surface area contributed by atoms with E-state index < -0.39 is 15.9 Å². The van der Waals surface area contributed by atoms with E-state index in [0.29, 0.717) is 5.69 Å². The molecule has 0 atom stereocenters. The first-order chi connectivity index (χ1) is 13.8. The summed E-state index contributed by atoms with van der Waals surface area (Å²) in [6.07, 6.45) is 2.80. The van der Waals surface area contributed by atoms with Crippen LogP contribution in [-0.4, -0.2) is 31.4 Å². The summed E-state index contributed by atoms with van der Waals surface area (Å²) < 4.78 is 33.4. The highest BCUT2D eigenvalue weighted by Crippen LogP contribution is 2.30. The Morgan fingerprint density at radius 1 is 1.10 bits per heavy atom. The molecular weight excluding hydrogens is 416 g/mol. The number of hydrogen-bond donors (Lipinski definition) is 2. The average Bonchev–Trinajstić information content (AvgIpc) is 2.70. The Kier molecular flexibility index (Phi) is 6.00. The summed E-state index contributed by atoms with van der Waals surface area (Å²) >= 11 is 6.04. The fraction of sp³-hybridized carbons (Fsp3) is 0.105. The average molecular weight is 433 g/mol. The van der Waals surface area contributed by atoms with Gasteiger partial charge in [-0.1, -0.05) is 23.7 Å². The molecule has 0 aliphatic heterocycles. The molecule has 150 valence electrons. The predicted molar refractivity (Wildman–Crippen MR) is 110 cm³/mol. The number of hydrogen-bond acceptors (Lipinski definition) is 6. The van der Waals surface area contributed by atoms with Crippen LogP contribution in [0.4, 0.5) is 11.4 Å². The maximum atomic E-state index is 12.9. The van der Waals surface area contributed by atoms with Crippen LogP contribution in [0.2, 0.25) is 5.02 Å². The van der Waals surface area contributed by atoms with Gasteiger partial charge in [0.15, 0.2) is 0 Å². The van der Waals surface area contributed by atoms with Gasteiger partial charge in [-0.3, -0.25) is 14.5 Å². The van der Waals surface area contributed by atoms with Gasteiger partial charge in [0.25, 0.3) is 15.9 Å². The number of amides is 1. The van der Waals surface area contributed by atoms with E-state index in [9.17, 15) is 13.2 Å². The second-order valence-corrected chi connectivity index (χ2v) is 8.01. The summed E-state index contributed by atoms with van der Waals surface area (Å²) in [5.41, 5.74) is 1.24. The van der Waals surface area contributed by atoms with Crippen molar-refractivity contribution in [1.82, 2.24) is 9.97 Å². The third-order valence-electron chi connectivity index (χ3n) is 3.84. The molecule has 2 aromatic carbocycles. The highest BCUT2D eigenvalue weighted by atomic mass is 35.5. The van der Waals surface area contributed by atoms with Gasteiger partial charge >= 0.3 is 0 Å². The summed E-state index contributed by atoms with van der Waals surface area (Å²) in [5, 5.41) is 2.85. The molecule has 0 aliphatic carbocycles. The Bertz CT molecular complexity index is 1150. The van der Waals surface area contributed by atoms with E-state index in [1.165, 1.54) is 43.8 Å². The lowest BCUT2D eigenvalue weighted by Gasteiger charge is -2.14. The van der Waals surface area contributed by atoms with Crippen molar-refractivity contribution in [2.45, 2.75) is 11.8 Å². The van der Waals surface area contributed by atoms with E-state index in [4.69, 9.17) is 16.3 Å². The van der Waals surface area contributed by atoms with Crippen molar-refractivity contribution in [3.8, 4) is 5.75 Å². The Morgan fingerprint density at radius 2 is 1.86 bits per heavy atom. The molecule has 29 heavy (non-hydrogen) atoms. The number of sulfonamides is 1. The first kappa shape index (κ1) is 20.6. The normalized spacial score (nSPS) is 11.0. The standard InChI is InChI=1S/C19H17ClN4O4S/c1-12-10-22-16(11-21-12)19(25)23-13-7-8-17(28-2)18(9-13)29(26,27)24-15-6-4-3-5-14(15)20/h3-11,24H,1-2H3,(H,23,25). The van der Waals surface area contributed by atoms with Crippen molar-refractivity contribution in [2.24, 2.45) is 0 Å². The third kappa shape index (κ3) is 4.82. The number of benzene rings is 2. The van der Waals surface area contributed by atoms with E-state index in [0.717, 1.165) is 0 Å². The number of rotatable bonds is 6. The van der Waals surface area contributed by atoms with Crippen LogP contribution in [0.1, 0.15) is 16.2 Å². The molecule has 2 N–H and O–H groups in total. The van der Waals surface area contributed by atoms with Gasteiger partial charge < -0.3 is 10.1 Å². The van der Waals surface area contributed by atoms with Crippen molar-refractivity contribution < 1.29 is 17.9 Å². The van der Waals surface area contributed by atoms with Gasteiger partial charge in [-0.2, -0.15) is 0 Å². The first-order valence-corrected chi connectivity index (χ1v) is 10.2. The van der Waals surface area contributed by atoms with Crippen LogP contribution in [0.3, 0.4) is 0 Å². The SMILES string of the molecule is COc1ccc(NC(=O)c2cnc(C)cn2)cc1S(=O)(=O)Nc1ccccc1Cl. The zero-order chi connectivity index (χ0) is 21.0. The molecule has 1 heterocycles. The maximum absolute atomic E-state index is 12.9. The van der Waals surface area contributed by atoms with Crippen molar-refractivity contribution in [3.63, 3.8) is 0 Å². The smallest absolute Gasteiger partial charge is 0.275 e. The van der Waals surface area contributed by atoms with Crippen LogP contribution in [0, 0.1) is 6.92 Å². The largest absolute Gasteiger partial charge is 0.495 e. The molecule has 3 aromatic rings. The van der Waals surface area contributed by atoms with Crippen molar-refractivity contribution in [3.05, 3.63) is 71.3 Å². The predicted octanol–water partition coefficient (Wildman–Crippen LogP) is 3.50. The highest BCUT2D eigenvalue weighted by Gasteiger charge is 2.22. The quantitative estimate of drug-likeness (QED) is 0.616. The zero-order valence-electron chi connectivity index (χ0n) is 15.5. The molecule has 8 nitrogen and oxygen atoms in total. The van der Waals surface area contributed by atoms with Crippen LogP contribution in [0.15, 0.2) is 59.8 Å². The van der Waals surface area contributed by atoms with Crippen molar-refractivity contribution in [1.29, 1.82) is 0 Å². The molecule has 3 rings (SSSR count). The number of carbonyl (C=O) groups excluding carboxylic acids is 1. The molecule has 0 bridgehead atoms. The maximum Gasteiger partial charge on any atom is 0.275 e. The molecule has 1 amide bonds. The molecule has 10 heteroatoms. The number of nitrogens with zero attached hydrogens (tertiary/aromatic N) is 2. The summed E-state index contributed by atoms with van der Waals surface area (Å²) in [7, 11) is -2.69. The Hall–Kier alpha value is -3.17. The molecular formula is C19H17ClN4O4S. The van der Waals surface area contributed by atoms with E-state index in [-0.39, 0.29) is 32.7 Å². The first-order valence-electron chi connectivity index (χ1n) is 8.35. The number of ether oxygens (including phenoxy) is 1. The van der Waals surface area contributed by atoms with Gasteiger partial charge in [0.1, 0.15) is 16.3 Å². The van der Waals surface area contributed by atoms with Gasteiger partial charge in [0, 0.05) is 11.9 Å². The van der Waals surface area contributed by atoms with Gasteiger partial charge in [-0.05, 0) is 37.3 Å². The Balaban J connectivity index is 1.91. The Morgan fingerprint density at radius 3 is 2.52 bits per heavy atom. The summed E-state index contributed by atoms with van der Waals surface area (Å²) in [6.45, 7) is 1.75. The third-order valence-corrected chi connectivity index (χ3v) is 5.56. The van der Waals surface area contributed by atoms with E-state index in [1.807, 2.05) is 0 Å². The van der Waals surface area contributed by atoms with E-state index in [2.05, 4.69) is 20.0 Å². The number of anilines is 2. The lowest BCUT2D eigenvalue weighted by molar-refractivity contribution is 0.102. The van der Waals surface area contributed by atoms with Crippen LogP contribution < -0.4 is 14.8 Å². The van der Waals surface area contributed by atoms with Crippen LogP contribution in [0.25, 0.3) is 0 Å². The minimum absolute atomic E-state index is 0.102. The zero-order valence-corrected chi connectivity index (χ0v) is 17.1. The second-order valence-electron chi connectivity index (χ2n) is 5.95. The summed E-state index contributed by atoms with van der Waals surface area (Å²) in [5.74, 6) is -0.414. The van der Waals surface area contributed by atoms with Gasteiger partial charge in [-0.25, -0.2) is 13.4 Å². The molecule has 0 radical (unpaired) electrons. The lowest BCUT2D eigenvalue weighted by Crippen LogP contribution is -2.17. The van der Waals surface area contributed by atoms with E-state index in [1.54, 1.807) is 25.1 Å². The molecule has 0 fully saturated rings. The number of para-hydroxylation sites is 1. The van der Waals surface area contributed by atoms with Gasteiger partial charge in [0.2, 0.25) is 0 Å². The Labute approximate surface area is 173 Å². The number of aromatic nitrogens is 2. The van der Waals surface area contributed by atoms with Crippen LogP contribution in [-0.2, 0) is 10.0 Å². The number of halogens is 1. The van der Waals surface area contributed by atoms with Gasteiger partial charge in [0.05, 0.1) is 29.7 Å². The highest BCUT2D eigenvalue weighted by molar-refractivity contribution is 7.92. The lowest BCUT2D eigenvalue weighted by atomic mass is 10.3. The molecule has 0 spiro atoms. The monoisotopic (exact) mass is 432 g/mol. The number of carbonyl (C=O) groups is 1. The topological polar surface area (TPSA) is 110 Å². The minimum Gasteiger partial charge on any atom is -0.495 e. The molecule has 0 saturated carbocycles. The number of methoxy groups -OCH3 is 1. The summed E-state index contributed by atoms with van der Waals surface area (Å²) in [4.78, 5) is 20.2. The van der Waals surface area contributed by atoms with Crippen molar-refractivity contribution >= 4 is 38.9 Å². The molecule has 0 saturated heterocycles. The van der Waals surface area contributed by atoms with Gasteiger partial charge in [-0.15, -0.1) is 0 Å².